The number of hydrogen-bond acceptors (Lipinski definition) is 2. The van der Waals surface area contributed by atoms with E-state index in [1.807, 2.05) is 18.2 Å². The highest BCUT2D eigenvalue weighted by Crippen LogP contribution is 2.31. The van der Waals surface area contributed by atoms with Crippen molar-refractivity contribution in [3.63, 3.8) is 0 Å². The highest BCUT2D eigenvalue weighted by atomic mass is 79.9. The molecule has 0 aliphatic carbocycles. The van der Waals surface area contributed by atoms with Crippen LogP contribution in [0.3, 0.4) is 0 Å². The van der Waals surface area contributed by atoms with Crippen LogP contribution in [-0.2, 0) is 4.74 Å². The van der Waals surface area contributed by atoms with E-state index in [0.717, 1.165) is 47.5 Å². The average Bonchev–Trinajstić information content (AvgIpc) is 2.33. The molecule has 0 bridgehead atoms. The van der Waals surface area contributed by atoms with Crippen LogP contribution in [0.15, 0.2) is 22.7 Å². The van der Waals surface area contributed by atoms with Gasteiger partial charge in [-0.25, -0.2) is 0 Å². The molecule has 1 aromatic carbocycles. The molecule has 0 saturated carbocycles. The van der Waals surface area contributed by atoms with E-state index in [1.165, 1.54) is 0 Å². The topological polar surface area (TPSA) is 35.2 Å². The van der Waals surface area contributed by atoms with E-state index in [9.17, 15) is 0 Å². The first-order chi connectivity index (χ1) is 8.16. The van der Waals surface area contributed by atoms with Gasteiger partial charge in [-0.2, -0.15) is 0 Å². The predicted molar refractivity (Wildman–Crippen MR) is 74.2 cm³/mol. The normalized spacial score (nSPS) is 19.2. The van der Waals surface area contributed by atoms with Crippen molar-refractivity contribution in [3.8, 4) is 0 Å². The second kappa shape index (κ2) is 6.19. The van der Waals surface area contributed by atoms with Crippen LogP contribution in [-0.4, -0.2) is 13.2 Å². The van der Waals surface area contributed by atoms with Crippen molar-refractivity contribution in [1.82, 2.24) is 0 Å². The maximum atomic E-state index is 6.27. The first-order valence-corrected chi connectivity index (χ1v) is 7.12. The fraction of sp³-hybridized carbons (Fsp3) is 0.538. The maximum absolute atomic E-state index is 6.27. The van der Waals surface area contributed by atoms with Gasteiger partial charge in [-0.05, 0) is 48.9 Å². The minimum Gasteiger partial charge on any atom is -0.381 e. The Labute approximate surface area is 116 Å². The van der Waals surface area contributed by atoms with Gasteiger partial charge < -0.3 is 10.5 Å². The molecule has 0 amide bonds. The van der Waals surface area contributed by atoms with Crippen molar-refractivity contribution in [3.05, 3.63) is 33.3 Å². The van der Waals surface area contributed by atoms with Crippen LogP contribution < -0.4 is 5.73 Å². The monoisotopic (exact) mass is 317 g/mol. The van der Waals surface area contributed by atoms with Crippen molar-refractivity contribution >= 4 is 27.5 Å². The van der Waals surface area contributed by atoms with Crippen molar-refractivity contribution in [2.75, 3.05) is 13.2 Å². The third-order valence-electron chi connectivity index (χ3n) is 3.29. The Morgan fingerprint density at radius 3 is 2.82 bits per heavy atom. The van der Waals surface area contributed by atoms with E-state index in [4.69, 9.17) is 22.1 Å². The fourth-order valence-electron chi connectivity index (χ4n) is 2.27. The van der Waals surface area contributed by atoms with Crippen molar-refractivity contribution in [1.29, 1.82) is 0 Å². The first kappa shape index (κ1) is 13.3. The standard InChI is InChI=1S/C13H17BrClNO/c14-12-2-1-10(15)8-11(12)13(16)7-9-3-5-17-6-4-9/h1-2,8-9,13H,3-7,16H2. The van der Waals surface area contributed by atoms with Crippen LogP contribution in [0.4, 0.5) is 0 Å². The Kier molecular flexibility index (Phi) is 4.86. The van der Waals surface area contributed by atoms with Gasteiger partial charge in [-0.15, -0.1) is 0 Å². The molecule has 1 fully saturated rings. The summed E-state index contributed by atoms with van der Waals surface area (Å²) in [6.07, 6.45) is 3.24. The zero-order chi connectivity index (χ0) is 12.3. The third-order valence-corrected chi connectivity index (χ3v) is 4.24. The fourth-order valence-corrected chi connectivity index (χ4v) is 2.99. The summed E-state index contributed by atoms with van der Waals surface area (Å²) in [4.78, 5) is 0. The van der Waals surface area contributed by atoms with Gasteiger partial charge in [0.25, 0.3) is 0 Å². The van der Waals surface area contributed by atoms with Crippen molar-refractivity contribution < 1.29 is 4.74 Å². The lowest BCUT2D eigenvalue weighted by Crippen LogP contribution is -2.21. The Morgan fingerprint density at radius 2 is 2.12 bits per heavy atom. The molecule has 2 N–H and O–H groups in total. The molecule has 2 nitrogen and oxygen atoms in total. The molecule has 1 aromatic rings. The van der Waals surface area contributed by atoms with Gasteiger partial charge >= 0.3 is 0 Å². The minimum atomic E-state index is 0.0474. The number of halogens is 2. The first-order valence-electron chi connectivity index (χ1n) is 5.95. The van der Waals surface area contributed by atoms with Gasteiger partial charge in [-0.3, -0.25) is 0 Å². The molecule has 1 atom stereocenters. The van der Waals surface area contributed by atoms with Gasteiger partial charge in [0.15, 0.2) is 0 Å². The third kappa shape index (κ3) is 3.68. The molecule has 1 unspecified atom stereocenters. The molecule has 0 radical (unpaired) electrons. The Morgan fingerprint density at radius 1 is 1.41 bits per heavy atom. The smallest absolute Gasteiger partial charge is 0.0468 e. The SMILES string of the molecule is NC(CC1CCOCC1)c1cc(Cl)ccc1Br. The number of hydrogen-bond donors (Lipinski definition) is 1. The molecular formula is C13H17BrClNO. The molecule has 17 heavy (non-hydrogen) atoms. The quantitative estimate of drug-likeness (QED) is 0.917. The molecule has 2 rings (SSSR count). The molecule has 1 aliphatic rings. The van der Waals surface area contributed by atoms with Crippen LogP contribution in [0.5, 0.6) is 0 Å². The van der Waals surface area contributed by atoms with Gasteiger partial charge in [-0.1, -0.05) is 27.5 Å². The molecule has 4 heteroatoms. The molecular weight excluding hydrogens is 302 g/mol. The minimum absolute atomic E-state index is 0.0474. The maximum Gasteiger partial charge on any atom is 0.0468 e. The highest BCUT2D eigenvalue weighted by Gasteiger charge is 2.19. The molecule has 1 aliphatic heterocycles. The van der Waals surface area contributed by atoms with Crippen LogP contribution in [0.1, 0.15) is 30.9 Å². The molecule has 0 aromatic heterocycles. The lowest BCUT2D eigenvalue weighted by Gasteiger charge is -2.25. The van der Waals surface area contributed by atoms with E-state index in [-0.39, 0.29) is 6.04 Å². The van der Waals surface area contributed by atoms with Crippen LogP contribution >= 0.6 is 27.5 Å². The second-order valence-electron chi connectivity index (χ2n) is 4.56. The average molecular weight is 319 g/mol. The number of ether oxygens (including phenoxy) is 1. The van der Waals surface area contributed by atoms with Gasteiger partial charge in [0.2, 0.25) is 0 Å². The summed E-state index contributed by atoms with van der Waals surface area (Å²) in [5, 5.41) is 0.741. The number of nitrogens with two attached hydrogens (primary N) is 1. The molecule has 0 spiro atoms. The summed E-state index contributed by atoms with van der Waals surface area (Å²) in [6, 6.07) is 5.83. The molecule has 94 valence electrons. The lowest BCUT2D eigenvalue weighted by molar-refractivity contribution is 0.0618. The largest absolute Gasteiger partial charge is 0.381 e. The Bertz CT molecular complexity index is 380. The Balaban J connectivity index is 2.02. The van der Waals surface area contributed by atoms with Crippen LogP contribution in [0.25, 0.3) is 0 Å². The van der Waals surface area contributed by atoms with Gasteiger partial charge in [0, 0.05) is 28.8 Å². The van der Waals surface area contributed by atoms with Gasteiger partial charge in [0.05, 0.1) is 0 Å². The molecule has 1 saturated heterocycles. The second-order valence-corrected chi connectivity index (χ2v) is 5.85. The van der Waals surface area contributed by atoms with Gasteiger partial charge in [0.1, 0.15) is 0 Å². The summed E-state index contributed by atoms with van der Waals surface area (Å²) in [6.45, 7) is 1.74. The van der Waals surface area contributed by atoms with Crippen molar-refractivity contribution in [2.45, 2.75) is 25.3 Å². The lowest BCUT2D eigenvalue weighted by atomic mass is 9.90. The number of benzene rings is 1. The molecule has 1 heterocycles. The Hall–Kier alpha value is -0.0900. The zero-order valence-electron chi connectivity index (χ0n) is 9.66. The van der Waals surface area contributed by atoms with E-state index >= 15 is 0 Å². The summed E-state index contributed by atoms with van der Waals surface area (Å²) < 4.78 is 6.40. The highest BCUT2D eigenvalue weighted by molar-refractivity contribution is 9.10. The summed E-state index contributed by atoms with van der Waals surface area (Å²) >= 11 is 9.54. The summed E-state index contributed by atoms with van der Waals surface area (Å²) in [5.74, 6) is 0.671. The summed E-state index contributed by atoms with van der Waals surface area (Å²) in [7, 11) is 0. The van der Waals surface area contributed by atoms with E-state index in [1.54, 1.807) is 0 Å². The van der Waals surface area contributed by atoms with E-state index in [2.05, 4.69) is 15.9 Å². The predicted octanol–water partition coefficient (Wildman–Crippen LogP) is 3.92. The summed E-state index contributed by atoms with van der Waals surface area (Å²) in [5.41, 5.74) is 7.37. The zero-order valence-corrected chi connectivity index (χ0v) is 12.0. The van der Waals surface area contributed by atoms with E-state index < -0.39 is 0 Å². The number of rotatable bonds is 3. The van der Waals surface area contributed by atoms with Crippen LogP contribution in [0, 0.1) is 5.92 Å². The van der Waals surface area contributed by atoms with E-state index in [0.29, 0.717) is 5.92 Å². The van der Waals surface area contributed by atoms with Crippen LogP contribution in [0.2, 0.25) is 5.02 Å². The van der Waals surface area contributed by atoms with Crippen molar-refractivity contribution in [2.24, 2.45) is 11.7 Å².